The zero-order chi connectivity index (χ0) is 13.0. The molecule has 0 fully saturated rings. The molecule has 1 aromatic heterocycles. The summed E-state index contributed by atoms with van der Waals surface area (Å²) in [5.41, 5.74) is 1.19. The van der Waals surface area contributed by atoms with Crippen LogP contribution in [-0.4, -0.2) is 15.9 Å². The topological polar surface area (TPSA) is 50.2 Å². The van der Waals surface area contributed by atoms with E-state index in [1.54, 1.807) is 6.20 Å². The van der Waals surface area contributed by atoms with E-state index in [9.17, 15) is 9.90 Å². The summed E-state index contributed by atoms with van der Waals surface area (Å²) in [6.07, 6.45) is 4.52. The Morgan fingerprint density at radius 1 is 1.05 bits per heavy atom. The first-order valence-electron chi connectivity index (χ1n) is 6.01. The molecule has 0 bridgehead atoms. The van der Waals surface area contributed by atoms with Gasteiger partial charge in [0.05, 0.1) is 10.7 Å². The van der Waals surface area contributed by atoms with Gasteiger partial charge in [-0.3, -0.25) is 9.78 Å². The molecule has 3 aromatic rings. The van der Waals surface area contributed by atoms with Crippen molar-refractivity contribution in [3.8, 4) is 0 Å². The Bertz CT molecular complexity index is 933. The molecule has 3 heteroatoms. The first-order chi connectivity index (χ1) is 9.25. The van der Waals surface area contributed by atoms with E-state index in [1.807, 2.05) is 30.3 Å². The summed E-state index contributed by atoms with van der Waals surface area (Å²) in [5, 5.41) is 13.6. The van der Waals surface area contributed by atoms with Gasteiger partial charge in [-0.25, -0.2) is 0 Å². The number of benzene rings is 2. The highest BCUT2D eigenvalue weighted by Crippen LogP contribution is 2.25. The van der Waals surface area contributed by atoms with Crippen LogP contribution in [0.1, 0.15) is 10.4 Å². The van der Waals surface area contributed by atoms with Gasteiger partial charge < -0.3 is 5.11 Å². The second kappa shape index (κ2) is 3.42. The Morgan fingerprint density at radius 3 is 2.79 bits per heavy atom. The Morgan fingerprint density at radius 2 is 1.89 bits per heavy atom. The third-order valence-electron chi connectivity index (χ3n) is 3.54. The minimum atomic E-state index is -0.0962. The number of aliphatic hydroxyl groups excluding tert-OH is 1. The highest BCUT2D eigenvalue weighted by molar-refractivity contribution is 6.16. The minimum absolute atomic E-state index is 0.0962. The number of fused-ring (bicyclic) bond motifs is 2. The van der Waals surface area contributed by atoms with Gasteiger partial charge in [0.1, 0.15) is 5.76 Å². The lowest BCUT2D eigenvalue weighted by atomic mass is 9.94. The van der Waals surface area contributed by atoms with Crippen molar-refractivity contribution in [1.82, 2.24) is 4.98 Å². The van der Waals surface area contributed by atoms with Gasteiger partial charge in [0.15, 0.2) is 5.78 Å². The summed E-state index contributed by atoms with van der Waals surface area (Å²) in [5.74, 6) is 0.00135. The van der Waals surface area contributed by atoms with Crippen molar-refractivity contribution in [2.75, 3.05) is 0 Å². The molecule has 0 amide bonds. The fourth-order valence-corrected chi connectivity index (χ4v) is 2.70. The Hall–Kier alpha value is -2.68. The number of aliphatic hydroxyl groups is 1. The molecule has 4 rings (SSSR count). The third kappa shape index (κ3) is 1.27. The van der Waals surface area contributed by atoms with Crippen LogP contribution in [-0.2, 0) is 0 Å². The van der Waals surface area contributed by atoms with Crippen molar-refractivity contribution in [2.45, 2.75) is 0 Å². The molecule has 0 radical (unpaired) electrons. The van der Waals surface area contributed by atoms with E-state index in [0.717, 1.165) is 16.2 Å². The van der Waals surface area contributed by atoms with Crippen LogP contribution in [0.3, 0.4) is 0 Å². The van der Waals surface area contributed by atoms with Crippen LogP contribution in [0.25, 0.3) is 27.4 Å². The second-order valence-electron chi connectivity index (χ2n) is 4.62. The fraction of sp³-hybridized carbons (Fsp3) is 0. The van der Waals surface area contributed by atoms with Crippen molar-refractivity contribution in [1.29, 1.82) is 0 Å². The van der Waals surface area contributed by atoms with Gasteiger partial charge in [0.2, 0.25) is 0 Å². The summed E-state index contributed by atoms with van der Waals surface area (Å²) in [6.45, 7) is 0. The van der Waals surface area contributed by atoms with E-state index in [-0.39, 0.29) is 11.5 Å². The molecule has 0 aliphatic heterocycles. The van der Waals surface area contributed by atoms with E-state index < -0.39 is 0 Å². The van der Waals surface area contributed by atoms with Gasteiger partial charge in [0.25, 0.3) is 0 Å². The third-order valence-corrected chi connectivity index (χ3v) is 3.54. The average Bonchev–Trinajstić information content (AvgIpc) is 2.43. The molecular formula is C16H9NO2. The van der Waals surface area contributed by atoms with E-state index in [1.165, 1.54) is 12.2 Å². The van der Waals surface area contributed by atoms with E-state index in [4.69, 9.17) is 0 Å². The fourth-order valence-electron chi connectivity index (χ4n) is 2.70. The number of ketones is 1. The summed E-state index contributed by atoms with van der Waals surface area (Å²) < 4.78 is 0. The number of hydrogen-bond acceptors (Lipinski definition) is 3. The molecule has 0 saturated heterocycles. The number of rotatable bonds is 0. The summed E-state index contributed by atoms with van der Waals surface area (Å²) in [6, 6.07) is 9.67. The molecule has 0 saturated carbocycles. The Labute approximate surface area is 108 Å². The largest absolute Gasteiger partial charge is 0.507 e. The van der Waals surface area contributed by atoms with Crippen molar-refractivity contribution in [2.24, 2.45) is 0 Å². The first kappa shape index (κ1) is 10.3. The molecule has 0 unspecified atom stereocenters. The van der Waals surface area contributed by atoms with Crippen molar-refractivity contribution in [3.05, 3.63) is 59.5 Å². The van der Waals surface area contributed by atoms with Gasteiger partial charge in [-0.05, 0) is 35.1 Å². The molecule has 1 heterocycles. The van der Waals surface area contributed by atoms with Crippen molar-refractivity contribution in [3.63, 3.8) is 0 Å². The maximum absolute atomic E-state index is 12.0. The summed E-state index contributed by atoms with van der Waals surface area (Å²) in [7, 11) is 0. The molecule has 19 heavy (non-hydrogen) atoms. The summed E-state index contributed by atoms with van der Waals surface area (Å²) in [4.78, 5) is 16.3. The van der Waals surface area contributed by atoms with Crippen LogP contribution >= 0.6 is 0 Å². The standard InChI is InChI=1S/C16H9NO2/c18-12-4-5-13(19)15-11(12)8-10-3-1-2-9-6-7-17-16(15)14(9)10/h1-8,19H. The monoisotopic (exact) mass is 247 g/mol. The van der Waals surface area contributed by atoms with Crippen molar-refractivity contribution < 1.29 is 9.90 Å². The molecule has 0 spiro atoms. The maximum atomic E-state index is 12.0. The predicted octanol–water partition coefficient (Wildman–Crippen LogP) is 2.53. The number of aromatic nitrogens is 1. The number of nitrogens with zero attached hydrogens (tertiary/aromatic N) is 1. The normalized spacial score (nSPS) is 14.3. The highest BCUT2D eigenvalue weighted by Gasteiger charge is 2.17. The zero-order valence-corrected chi connectivity index (χ0v) is 9.92. The number of hydrogen-bond donors (Lipinski definition) is 1. The molecule has 90 valence electrons. The van der Waals surface area contributed by atoms with Crippen LogP contribution in [0.15, 0.2) is 48.7 Å². The average molecular weight is 247 g/mol. The number of pyridine rings is 1. The van der Waals surface area contributed by atoms with Crippen LogP contribution in [0, 0.1) is 0 Å². The molecule has 1 aliphatic rings. The minimum Gasteiger partial charge on any atom is -0.507 e. The van der Waals surface area contributed by atoms with E-state index in [2.05, 4.69) is 4.98 Å². The quantitative estimate of drug-likeness (QED) is 0.664. The number of carbonyl (C=O) groups excluding carboxylic acids is 1. The number of carbonyl (C=O) groups is 1. The maximum Gasteiger partial charge on any atom is 0.186 e. The van der Waals surface area contributed by atoms with Gasteiger partial charge in [0, 0.05) is 17.1 Å². The van der Waals surface area contributed by atoms with Gasteiger partial charge in [-0.2, -0.15) is 0 Å². The molecule has 1 N–H and O–H groups in total. The molecular weight excluding hydrogens is 238 g/mol. The lowest BCUT2D eigenvalue weighted by molar-refractivity contribution is 0.104. The Kier molecular flexibility index (Phi) is 1.85. The smallest absolute Gasteiger partial charge is 0.186 e. The van der Waals surface area contributed by atoms with Gasteiger partial charge in [-0.15, -0.1) is 0 Å². The predicted molar refractivity (Wildman–Crippen MR) is 74.0 cm³/mol. The SMILES string of the molecule is O=C1C=CC(O)=c2c1cc1cccc3ccnc2c31. The highest BCUT2D eigenvalue weighted by atomic mass is 16.3. The van der Waals surface area contributed by atoms with E-state index in [0.29, 0.717) is 16.3 Å². The van der Waals surface area contributed by atoms with Gasteiger partial charge in [-0.1, -0.05) is 18.2 Å². The molecule has 1 aliphatic carbocycles. The Balaban J connectivity index is 2.42. The van der Waals surface area contributed by atoms with Crippen LogP contribution in [0.5, 0.6) is 0 Å². The van der Waals surface area contributed by atoms with Crippen LogP contribution in [0.2, 0.25) is 0 Å². The second-order valence-corrected chi connectivity index (χ2v) is 4.62. The zero-order valence-electron chi connectivity index (χ0n) is 9.92. The summed E-state index contributed by atoms with van der Waals surface area (Å²) >= 11 is 0. The molecule has 2 aromatic carbocycles. The lowest BCUT2D eigenvalue weighted by Crippen LogP contribution is -2.21. The van der Waals surface area contributed by atoms with E-state index >= 15 is 0 Å². The van der Waals surface area contributed by atoms with Crippen molar-refractivity contribution >= 4 is 33.2 Å². The van der Waals surface area contributed by atoms with Crippen LogP contribution < -0.4 is 5.22 Å². The first-order valence-corrected chi connectivity index (χ1v) is 6.01. The molecule has 0 atom stereocenters. The van der Waals surface area contributed by atoms with Gasteiger partial charge >= 0.3 is 0 Å². The number of allylic oxidation sites excluding steroid dienone is 1. The van der Waals surface area contributed by atoms with Crippen LogP contribution in [0.4, 0.5) is 0 Å². The molecule has 3 nitrogen and oxygen atoms in total. The lowest BCUT2D eigenvalue weighted by Gasteiger charge is -2.11.